The Morgan fingerprint density at radius 2 is 1.85 bits per heavy atom. The predicted molar refractivity (Wildman–Crippen MR) is 148 cm³/mol. The molecule has 1 aromatic carbocycles. The van der Waals surface area contributed by atoms with Crippen LogP contribution in [0.1, 0.15) is 41.9 Å². The largest absolute Gasteiger partial charge is 0.480 e. The van der Waals surface area contributed by atoms with Crippen LogP contribution in [-0.2, 0) is 22.6 Å². The molecule has 1 aromatic heterocycles. The molecule has 1 amide bonds. The summed E-state index contributed by atoms with van der Waals surface area (Å²) < 4.78 is 0.238. The first kappa shape index (κ1) is 30.1. The molecular formula is C24H29Cl2N3O3S2. The topological polar surface area (TPSA) is 96.5 Å². The molecule has 1 saturated heterocycles. The van der Waals surface area contributed by atoms with E-state index < -0.39 is 18.4 Å². The van der Waals surface area contributed by atoms with Gasteiger partial charge in [0.1, 0.15) is 10.9 Å². The fraction of sp³-hybridized carbons (Fsp3) is 0.333. The van der Waals surface area contributed by atoms with E-state index in [4.69, 9.17) is 28.0 Å². The highest BCUT2D eigenvalue weighted by Crippen LogP contribution is 2.38. The van der Waals surface area contributed by atoms with Gasteiger partial charge in [0, 0.05) is 23.5 Å². The molecule has 0 radical (unpaired) electrons. The molecule has 10 heteroatoms. The van der Waals surface area contributed by atoms with Crippen molar-refractivity contribution in [3.05, 3.63) is 57.2 Å². The van der Waals surface area contributed by atoms with Gasteiger partial charge in [-0.2, -0.15) is 0 Å². The van der Waals surface area contributed by atoms with Crippen LogP contribution in [0.5, 0.6) is 0 Å². The summed E-state index contributed by atoms with van der Waals surface area (Å²) >= 11 is 6.36. The molecule has 1 aliphatic rings. The maximum Gasteiger partial charge on any atom is 0.323 e. The minimum Gasteiger partial charge on any atom is -0.480 e. The molecule has 34 heavy (non-hydrogen) atoms. The zero-order valence-electron chi connectivity index (χ0n) is 19.5. The summed E-state index contributed by atoms with van der Waals surface area (Å²) in [6.45, 7) is 8.11. The maximum atomic E-state index is 12.9. The molecule has 184 valence electrons. The first-order valence-electron chi connectivity index (χ1n) is 10.4. The van der Waals surface area contributed by atoms with E-state index in [9.17, 15) is 9.59 Å². The first-order chi connectivity index (χ1) is 15.1. The van der Waals surface area contributed by atoms with E-state index in [0.717, 1.165) is 62.3 Å². The average molecular weight is 543 g/mol. The molecule has 0 bridgehead atoms. The number of benzene rings is 1. The minimum atomic E-state index is -1.11. The summed E-state index contributed by atoms with van der Waals surface area (Å²) in [6, 6.07) is 8.19. The molecule has 0 unspecified atom stereocenters. The van der Waals surface area contributed by atoms with Crippen molar-refractivity contribution in [2.45, 2.75) is 40.7 Å². The molecule has 6 nitrogen and oxygen atoms in total. The fourth-order valence-electron chi connectivity index (χ4n) is 3.72. The van der Waals surface area contributed by atoms with E-state index in [2.05, 4.69) is 26.0 Å². The predicted octanol–water partition coefficient (Wildman–Crippen LogP) is 5.15. The number of thioether (sulfide) groups is 1. The van der Waals surface area contributed by atoms with Crippen LogP contribution in [0.25, 0.3) is 17.2 Å². The SMILES string of the molecule is Cc1ccc(-c2c(/C=C3/SC(=S)N(CC(=O)O)C3=O)c(C)nc(CC(C)C)c2CN)cc1.Cl.Cl. The molecule has 1 fully saturated rings. The van der Waals surface area contributed by atoms with Crippen molar-refractivity contribution in [2.24, 2.45) is 11.7 Å². The van der Waals surface area contributed by atoms with Crippen LogP contribution >= 0.6 is 48.8 Å². The van der Waals surface area contributed by atoms with E-state index >= 15 is 0 Å². The van der Waals surface area contributed by atoms with Crippen molar-refractivity contribution in [1.29, 1.82) is 0 Å². The third kappa shape index (κ3) is 6.58. The number of aromatic nitrogens is 1. The monoisotopic (exact) mass is 541 g/mol. The van der Waals surface area contributed by atoms with E-state index in [1.807, 2.05) is 26.0 Å². The first-order valence-corrected chi connectivity index (χ1v) is 11.6. The number of rotatable bonds is 7. The number of thiocarbonyl (C=S) groups is 1. The molecule has 0 saturated carbocycles. The second-order valence-corrected chi connectivity index (χ2v) is 9.92. The summed E-state index contributed by atoms with van der Waals surface area (Å²) in [5.41, 5.74) is 12.8. The molecule has 2 aromatic rings. The highest BCUT2D eigenvalue weighted by molar-refractivity contribution is 8.26. The number of carbonyl (C=O) groups is 2. The number of hydrogen-bond acceptors (Lipinski definition) is 6. The van der Waals surface area contributed by atoms with Gasteiger partial charge in [-0.25, -0.2) is 0 Å². The molecule has 1 aliphatic heterocycles. The quantitative estimate of drug-likeness (QED) is 0.369. The van der Waals surface area contributed by atoms with E-state index in [1.165, 1.54) is 0 Å². The van der Waals surface area contributed by atoms with Crippen LogP contribution in [0.2, 0.25) is 0 Å². The van der Waals surface area contributed by atoms with Crippen molar-refractivity contribution in [3.63, 3.8) is 0 Å². The van der Waals surface area contributed by atoms with E-state index in [-0.39, 0.29) is 29.1 Å². The Labute approximate surface area is 222 Å². The summed E-state index contributed by atoms with van der Waals surface area (Å²) in [7, 11) is 0. The maximum absolute atomic E-state index is 12.9. The molecule has 2 heterocycles. The lowest BCUT2D eigenvalue weighted by molar-refractivity contribution is -0.140. The van der Waals surface area contributed by atoms with Gasteiger partial charge in [0.25, 0.3) is 5.91 Å². The zero-order valence-corrected chi connectivity index (χ0v) is 22.7. The highest BCUT2D eigenvalue weighted by Gasteiger charge is 2.34. The zero-order chi connectivity index (χ0) is 23.6. The number of pyridine rings is 1. The minimum absolute atomic E-state index is 0. The lowest BCUT2D eigenvalue weighted by Gasteiger charge is -2.20. The van der Waals surface area contributed by atoms with Gasteiger partial charge in [-0.3, -0.25) is 19.5 Å². The standard InChI is InChI=1S/C24H27N3O3S2.2ClH/c1-13(2)9-19-18(11-25)22(16-7-5-14(3)6-8-16)17(15(4)26-19)10-20-23(30)27(12-21(28)29)24(31)32-20;;/h5-8,10,13H,9,11-12,25H2,1-4H3,(H,28,29);2*1H/b20-10+;;. The van der Waals surface area contributed by atoms with Gasteiger partial charge < -0.3 is 10.8 Å². The smallest absolute Gasteiger partial charge is 0.323 e. The van der Waals surface area contributed by atoms with Crippen LogP contribution in [0.4, 0.5) is 0 Å². The highest BCUT2D eigenvalue weighted by atomic mass is 35.5. The van der Waals surface area contributed by atoms with Gasteiger partial charge in [-0.05, 0) is 49.0 Å². The third-order valence-electron chi connectivity index (χ3n) is 5.20. The Kier molecular flexibility index (Phi) is 11.2. The lowest BCUT2D eigenvalue weighted by Crippen LogP contribution is -2.33. The number of carboxylic acids is 1. The molecule has 0 atom stereocenters. The third-order valence-corrected chi connectivity index (χ3v) is 6.58. The molecular weight excluding hydrogens is 513 g/mol. The number of amides is 1. The van der Waals surface area contributed by atoms with Gasteiger partial charge in [-0.15, -0.1) is 24.8 Å². The van der Waals surface area contributed by atoms with Crippen molar-refractivity contribution in [2.75, 3.05) is 6.54 Å². The summed E-state index contributed by atoms with van der Waals surface area (Å²) in [4.78, 5) is 30.4. The van der Waals surface area contributed by atoms with E-state index in [0.29, 0.717) is 17.4 Å². The number of aryl methyl sites for hydroxylation is 2. The molecule has 3 N–H and O–H groups in total. The van der Waals surface area contributed by atoms with Crippen molar-refractivity contribution < 1.29 is 14.7 Å². The van der Waals surface area contributed by atoms with E-state index in [1.54, 1.807) is 6.08 Å². The number of aliphatic carboxylic acids is 1. The number of halogens is 2. The molecule has 0 aliphatic carbocycles. The molecule has 3 rings (SSSR count). The summed E-state index contributed by atoms with van der Waals surface area (Å²) in [5.74, 6) is -1.10. The Bertz CT molecular complexity index is 1120. The van der Waals surface area contributed by atoms with Crippen molar-refractivity contribution in [1.82, 2.24) is 9.88 Å². The summed E-state index contributed by atoms with van der Waals surface area (Å²) in [5, 5.41) is 9.11. The number of nitrogens with zero attached hydrogens (tertiary/aromatic N) is 2. The van der Waals surface area contributed by atoms with Crippen LogP contribution in [0.15, 0.2) is 29.2 Å². The Balaban J connectivity index is 0.00000289. The second kappa shape index (κ2) is 12.7. The second-order valence-electron chi connectivity index (χ2n) is 8.24. The van der Waals surface area contributed by atoms with Gasteiger partial charge in [-0.1, -0.05) is 67.7 Å². The number of hydrogen-bond donors (Lipinski definition) is 2. The van der Waals surface area contributed by atoms with Crippen molar-refractivity contribution in [3.8, 4) is 11.1 Å². The average Bonchev–Trinajstić information content (AvgIpc) is 2.97. The Morgan fingerprint density at radius 3 is 2.38 bits per heavy atom. The van der Waals surface area contributed by atoms with Gasteiger partial charge in [0.15, 0.2) is 0 Å². The van der Waals surface area contributed by atoms with Gasteiger partial charge in [0.2, 0.25) is 0 Å². The van der Waals surface area contributed by atoms with Gasteiger partial charge in [0.05, 0.1) is 4.91 Å². The molecule has 0 spiro atoms. The van der Waals surface area contributed by atoms with Crippen LogP contribution in [0.3, 0.4) is 0 Å². The van der Waals surface area contributed by atoms with Crippen LogP contribution < -0.4 is 5.73 Å². The number of nitrogens with two attached hydrogens (primary N) is 1. The summed E-state index contributed by atoms with van der Waals surface area (Å²) in [6.07, 6.45) is 2.57. The fourth-order valence-corrected chi connectivity index (χ4v) is 4.96. The van der Waals surface area contributed by atoms with Crippen molar-refractivity contribution >= 4 is 71.1 Å². The number of carbonyl (C=O) groups excluding carboxylic acids is 1. The Hall–Kier alpha value is -1.97. The lowest BCUT2D eigenvalue weighted by atomic mass is 9.89. The normalized spacial score (nSPS) is 14.4. The van der Waals surface area contributed by atoms with Crippen LogP contribution in [-0.4, -0.2) is 37.7 Å². The van der Waals surface area contributed by atoms with Gasteiger partial charge >= 0.3 is 5.97 Å². The van der Waals surface area contributed by atoms with Crippen LogP contribution in [0, 0.1) is 19.8 Å². The Morgan fingerprint density at radius 1 is 1.24 bits per heavy atom. The number of carboxylic acid groups (broad SMARTS) is 1.